The Morgan fingerprint density at radius 1 is 1.26 bits per heavy atom. The maximum absolute atomic E-state index is 12.6. The van der Waals surface area contributed by atoms with Gasteiger partial charge in [0.25, 0.3) is 5.91 Å². The van der Waals surface area contributed by atoms with Crippen molar-refractivity contribution in [3.05, 3.63) is 23.4 Å². The number of rotatable bonds is 5. The SMILES string of the molecule is O=C(NN1CCOCC1)c1cnc(OCC(F)(F)F)c(C2CCCCC2)c1. The molecule has 1 aromatic heterocycles. The Kier molecular flexibility index (Phi) is 6.54. The van der Waals surface area contributed by atoms with Gasteiger partial charge in [0.05, 0.1) is 18.8 Å². The van der Waals surface area contributed by atoms with Gasteiger partial charge in [0, 0.05) is 24.8 Å². The van der Waals surface area contributed by atoms with Gasteiger partial charge in [-0.1, -0.05) is 19.3 Å². The molecule has 6 nitrogen and oxygen atoms in total. The maximum atomic E-state index is 12.6. The number of pyridine rings is 1. The van der Waals surface area contributed by atoms with E-state index in [1.165, 1.54) is 6.20 Å². The zero-order valence-corrected chi connectivity index (χ0v) is 15.1. The van der Waals surface area contributed by atoms with Crippen molar-refractivity contribution in [3.8, 4) is 5.88 Å². The van der Waals surface area contributed by atoms with Crippen molar-refractivity contribution in [3.63, 3.8) is 0 Å². The Balaban J connectivity index is 1.77. The summed E-state index contributed by atoms with van der Waals surface area (Å²) in [6.45, 7) is 0.855. The zero-order valence-electron chi connectivity index (χ0n) is 15.1. The van der Waals surface area contributed by atoms with Crippen molar-refractivity contribution in [1.82, 2.24) is 15.4 Å². The van der Waals surface area contributed by atoms with E-state index in [1.54, 1.807) is 11.1 Å². The first kappa shape index (κ1) is 19.9. The minimum atomic E-state index is -4.43. The molecule has 3 rings (SSSR count). The Morgan fingerprint density at radius 2 is 1.96 bits per heavy atom. The number of hydrogen-bond acceptors (Lipinski definition) is 5. The highest BCUT2D eigenvalue weighted by molar-refractivity contribution is 5.93. The summed E-state index contributed by atoms with van der Waals surface area (Å²) in [4.78, 5) is 16.6. The highest BCUT2D eigenvalue weighted by Crippen LogP contribution is 2.37. The second-order valence-corrected chi connectivity index (χ2v) is 6.90. The van der Waals surface area contributed by atoms with Crippen LogP contribution in [-0.4, -0.2) is 55.0 Å². The number of amides is 1. The van der Waals surface area contributed by atoms with Crippen LogP contribution in [0.3, 0.4) is 0 Å². The van der Waals surface area contributed by atoms with Gasteiger partial charge in [-0.25, -0.2) is 9.99 Å². The molecule has 1 aliphatic carbocycles. The summed E-state index contributed by atoms with van der Waals surface area (Å²) in [5, 5.41) is 1.76. The van der Waals surface area contributed by atoms with Gasteiger partial charge < -0.3 is 9.47 Å². The average Bonchev–Trinajstić information content (AvgIpc) is 2.67. The van der Waals surface area contributed by atoms with Crippen LogP contribution in [0.2, 0.25) is 0 Å². The number of nitrogens with one attached hydrogen (secondary N) is 1. The minimum Gasteiger partial charge on any atom is -0.468 e. The molecule has 0 unspecified atom stereocenters. The molecular formula is C18H24F3N3O3. The molecule has 1 saturated heterocycles. The lowest BCUT2D eigenvalue weighted by Gasteiger charge is -2.27. The fourth-order valence-electron chi connectivity index (χ4n) is 3.45. The van der Waals surface area contributed by atoms with Crippen LogP contribution in [0.5, 0.6) is 5.88 Å². The van der Waals surface area contributed by atoms with Gasteiger partial charge in [0.2, 0.25) is 5.88 Å². The molecule has 0 atom stereocenters. The first-order chi connectivity index (χ1) is 12.9. The summed E-state index contributed by atoms with van der Waals surface area (Å²) in [6.07, 6.45) is 1.68. The third-order valence-corrected chi connectivity index (χ3v) is 4.83. The molecule has 150 valence electrons. The van der Waals surface area contributed by atoms with E-state index in [-0.39, 0.29) is 17.7 Å². The number of halogens is 3. The molecule has 1 aliphatic heterocycles. The van der Waals surface area contributed by atoms with Crippen molar-refractivity contribution in [2.24, 2.45) is 0 Å². The Bertz CT molecular complexity index is 642. The van der Waals surface area contributed by atoms with Crippen molar-refractivity contribution in [1.29, 1.82) is 0 Å². The third kappa shape index (κ3) is 5.80. The van der Waals surface area contributed by atoms with Crippen molar-refractivity contribution >= 4 is 5.91 Å². The van der Waals surface area contributed by atoms with E-state index in [1.807, 2.05) is 0 Å². The summed E-state index contributed by atoms with van der Waals surface area (Å²) >= 11 is 0. The molecular weight excluding hydrogens is 363 g/mol. The second-order valence-electron chi connectivity index (χ2n) is 6.90. The summed E-state index contributed by atoms with van der Waals surface area (Å²) in [6, 6.07) is 1.63. The Labute approximate surface area is 156 Å². The first-order valence-corrected chi connectivity index (χ1v) is 9.25. The Morgan fingerprint density at radius 3 is 2.63 bits per heavy atom. The van der Waals surface area contributed by atoms with Crippen LogP contribution in [0.25, 0.3) is 0 Å². The average molecular weight is 387 g/mol. The standard InChI is InChI=1S/C18H24F3N3O3/c19-18(20,21)12-27-17-15(13-4-2-1-3-5-13)10-14(11-22-17)16(25)23-24-6-8-26-9-7-24/h10-11,13H,1-9,12H2,(H,23,25). The molecule has 2 aliphatic rings. The van der Waals surface area contributed by atoms with Crippen LogP contribution < -0.4 is 10.2 Å². The van der Waals surface area contributed by atoms with Crippen LogP contribution in [0, 0.1) is 0 Å². The molecule has 2 heterocycles. The van der Waals surface area contributed by atoms with Gasteiger partial charge in [-0.3, -0.25) is 10.2 Å². The van der Waals surface area contributed by atoms with Crippen LogP contribution in [-0.2, 0) is 4.74 Å². The fourth-order valence-corrected chi connectivity index (χ4v) is 3.45. The summed E-state index contributed by atoms with van der Waals surface area (Å²) < 4.78 is 47.8. The maximum Gasteiger partial charge on any atom is 0.422 e. The first-order valence-electron chi connectivity index (χ1n) is 9.25. The zero-order chi connectivity index (χ0) is 19.3. The summed E-state index contributed by atoms with van der Waals surface area (Å²) in [5.41, 5.74) is 3.71. The monoisotopic (exact) mass is 387 g/mol. The number of carbonyl (C=O) groups is 1. The van der Waals surface area contributed by atoms with Crippen LogP contribution in [0.4, 0.5) is 13.2 Å². The fraction of sp³-hybridized carbons (Fsp3) is 0.667. The van der Waals surface area contributed by atoms with E-state index >= 15 is 0 Å². The van der Waals surface area contributed by atoms with Crippen molar-refractivity contribution in [2.75, 3.05) is 32.9 Å². The van der Waals surface area contributed by atoms with Crippen molar-refractivity contribution < 1.29 is 27.4 Å². The van der Waals surface area contributed by atoms with Crippen molar-refractivity contribution in [2.45, 2.75) is 44.2 Å². The lowest BCUT2D eigenvalue weighted by atomic mass is 9.84. The number of ether oxygens (including phenoxy) is 2. The number of carbonyl (C=O) groups excluding carboxylic acids is 1. The van der Waals surface area contributed by atoms with Crippen LogP contribution in [0.15, 0.2) is 12.3 Å². The molecule has 0 bridgehead atoms. The molecule has 1 N–H and O–H groups in total. The van der Waals surface area contributed by atoms with Gasteiger partial charge in [0.15, 0.2) is 6.61 Å². The lowest BCUT2D eigenvalue weighted by Crippen LogP contribution is -2.48. The topological polar surface area (TPSA) is 63.7 Å². The predicted octanol–water partition coefficient (Wildman–Crippen LogP) is 3.05. The van der Waals surface area contributed by atoms with E-state index < -0.39 is 12.8 Å². The second kappa shape index (κ2) is 8.88. The minimum absolute atomic E-state index is 0.0258. The van der Waals surface area contributed by atoms with E-state index in [4.69, 9.17) is 9.47 Å². The summed E-state index contributed by atoms with van der Waals surface area (Å²) in [7, 11) is 0. The largest absolute Gasteiger partial charge is 0.468 e. The molecule has 2 fully saturated rings. The van der Waals surface area contributed by atoms with E-state index in [0.29, 0.717) is 37.4 Å². The van der Waals surface area contributed by atoms with Gasteiger partial charge in [-0.05, 0) is 24.8 Å². The number of hydrogen-bond donors (Lipinski definition) is 1. The lowest BCUT2D eigenvalue weighted by molar-refractivity contribution is -0.154. The molecule has 27 heavy (non-hydrogen) atoms. The van der Waals surface area contributed by atoms with Gasteiger partial charge in [0.1, 0.15) is 0 Å². The number of nitrogens with zero attached hydrogens (tertiary/aromatic N) is 2. The predicted molar refractivity (Wildman–Crippen MR) is 91.5 cm³/mol. The molecule has 0 aromatic carbocycles. The molecule has 1 amide bonds. The van der Waals surface area contributed by atoms with Gasteiger partial charge >= 0.3 is 6.18 Å². The van der Waals surface area contributed by atoms with E-state index in [2.05, 4.69) is 10.4 Å². The smallest absolute Gasteiger partial charge is 0.422 e. The number of morpholine rings is 1. The highest BCUT2D eigenvalue weighted by atomic mass is 19.4. The quantitative estimate of drug-likeness (QED) is 0.841. The molecule has 1 saturated carbocycles. The molecule has 0 spiro atoms. The molecule has 9 heteroatoms. The molecule has 1 aromatic rings. The van der Waals surface area contributed by atoms with Gasteiger partial charge in [-0.2, -0.15) is 13.2 Å². The van der Waals surface area contributed by atoms with Crippen LogP contribution >= 0.6 is 0 Å². The normalized spacial score (nSPS) is 19.7. The number of aromatic nitrogens is 1. The van der Waals surface area contributed by atoms with E-state index in [9.17, 15) is 18.0 Å². The summed E-state index contributed by atoms with van der Waals surface area (Å²) in [5.74, 6) is -0.295. The van der Waals surface area contributed by atoms with Crippen LogP contribution in [0.1, 0.15) is 53.9 Å². The Hall–Kier alpha value is -1.87. The third-order valence-electron chi connectivity index (χ3n) is 4.83. The van der Waals surface area contributed by atoms with E-state index in [0.717, 1.165) is 32.1 Å². The number of hydrazine groups is 1. The highest BCUT2D eigenvalue weighted by Gasteiger charge is 2.30. The number of alkyl halides is 3. The van der Waals surface area contributed by atoms with Gasteiger partial charge in [-0.15, -0.1) is 0 Å². The molecule has 0 radical (unpaired) electrons.